The van der Waals surface area contributed by atoms with Gasteiger partial charge in [0.15, 0.2) is 0 Å². The Morgan fingerprint density at radius 2 is 2.08 bits per heavy atom. The van der Waals surface area contributed by atoms with Crippen LogP contribution in [0.4, 0.5) is 0 Å². The molecule has 0 aromatic heterocycles. The van der Waals surface area contributed by atoms with E-state index in [2.05, 4.69) is 10.5 Å². The van der Waals surface area contributed by atoms with Gasteiger partial charge in [-0.15, -0.1) is 0 Å². The minimum Gasteiger partial charge on any atom is -0.411 e. The van der Waals surface area contributed by atoms with Crippen LogP contribution in [-0.4, -0.2) is 24.5 Å². The quantitative estimate of drug-likeness (QED) is 0.399. The number of hydrogen-bond donors (Lipinski definition) is 2. The molecule has 1 rings (SSSR count). The van der Waals surface area contributed by atoms with Crippen LogP contribution in [0.25, 0.3) is 0 Å². The zero-order chi connectivity index (χ0) is 8.81. The molecule has 0 spiro atoms. The highest BCUT2D eigenvalue weighted by molar-refractivity contribution is 6.01. The lowest BCUT2D eigenvalue weighted by Gasteiger charge is -2.02. The summed E-state index contributed by atoms with van der Waals surface area (Å²) in [7, 11) is 1.81. The van der Waals surface area contributed by atoms with E-state index < -0.39 is 0 Å². The lowest BCUT2D eigenvalue weighted by molar-refractivity contribution is 0.318. The molecule has 0 saturated carbocycles. The van der Waals surface area contributed by atoms with Gasteiger partial charge in [0.25, 0.3) is 0 Å². The maximum Gasteiger partial charge on any atom is 0.100 e. The summed E-state index contributed by atoms with van der Waals surface area (Å²) < 4.78 is 0. The van der Waals surface area contributed by atoms with Crippen molar-refractivity contribution < 1.29 is 5.21 Å². The molecule has 64 valence electrons. The van der Waals surface area contributed by atoms with Gasteiger partial charge in [0.05, 0.1) is 0 Å². The molecule has 0 heterocycles. The summed E-state index contributed by atoms with van der Waals surface area (Å²) >= 11 is 0. The second-order valence-corrected chi connectivity index (χ2v) is 2.44. The van der Waals surface area contributed by atoms with E-state index >= 15 is 0 Å². The van der Waals surface area contributed by atoms with Gasteiger partial charge in [-0.05, 0) is 7.05 Å². The third-order valence-electron chi connectivity index (χ3n) is 1.57. The Morgan fingerprint density at radius 1 is 1.42 bits per heavy atom. The third kappa shape index (κ3) is 2.07. The molecule has 0 bridgehead atoms. The fourth-order valence-corrected chi connectivity index (χ4v) is 0.993. The van der Waals surface area contributed by atoms with E-state index in [9.17, 15) is 0 Å². The SMILES string of the molecule is CNCC(=NO)c1ccccc1. The van der Waals surface area contributed by atoms with Crippen molar-refractivity contribution in [1.29, 1.82) is 0 Å². The third-order valence-corrected chi connectivity index (χ3v) is 1.57. The number of oxime groups is 1. The zero-order valence-corrected chi connectivity index (χ0v) is 6.99. The first-order valence-corrected chi connectivity index (χ1v) is 3.79. The van der Waals surface area contributed by atoms with Gasteiger partial charge < -0.3 is 10.5 Å². The molecule has 0 fully saturated rings. The molecule has 1 aromatic rings. The van der Waals surface area contributed by atoms with Crippen LogP contribution in [-0.2, 0) is 0 Å². The first kappa shape index (κ1) is 8.74. The number of nitrogens with zero attached hydrogens (tertiary/aromatic N) is 1. The largest absolute Gasteiger partial charge is 0.411 e. The first-order valence-electron chi connectivity index (χ1n) is 3.79. The van der Waals surface area contributed by atoms with Gasteiger partial charge in [0.1, 0.15) is 5.71 Å². The summed E-state index contributed by atoms with van der Waals surface area (Å²) in [6, 6.07) is 9.57. The Kier molecular flexibility index (Phi) is 3.29. The van der Waals surface area contributed by atoms with E-state index in [1.54, 1.807) is 0 Å². The molecule has 1 aromatic carbocycles. The summed E-state index contributed by atoms with van der Waals surface area (Å²) in [4.78, 5) is 0. The van der Waals surface area contributed by atoms with Gasteiger partial charge in [0, 0.05) is 12.1 Å². The minimum absolute atomic E-state index is 0.570. The Morgan fingerprint density at radius 3 is 2.58 bits per heavy atom. The van der Waals surface area contributed by atoms with Crippen LogP contribution in [0.3, 0.4) is 0 Å². The van der Waals surface area contributed by atoms with Crippen LogP contribution in [0.15, 0.2) is 35.5 Å². The van der Waals surface area contributed by atoms with Gasteiger partial charge in [-0.2, -0.15) is 0 Å². The van der Waals surface area contributed by atoms with E-state index in [-0.39, 0.29) is 0 Å². The van der Waals surface area contributed by atoms with Crippen LogP contribution in [0, 0.1) is 0 Å². The van der Waals surface area contributed by atoms with E-state index in [0.29, 0.717) is 12.3 Å². The minimum atomic E-state index is 0.570. The molecule has 3 nitrogen and oxygen atoms in total. The van der Waals surface area contributed by atoms with E-state index in [1.165, 1.54) is 0 Å². The van der Waals surface area contributed by atoms with Crippen LogP contribution in [0.2, 0.25) is 0 Å². The summed E-state index contributed by atoms with van der Waals surface area (Å²) in [5, 5.41) is 14.8. The highest BCUT2D eigenvalue weighted by atomic mass is 16.4. The number of hydrogen-bond acceptors (Lipinski definition) is 3. The van der Waals surface area contributed by atoms with Crippen molar-refractivity contribution in [3.8, 4) is 0 Å². The summed E-state index contributed by atoms with van der Waals surface area (Å²) in [5.41, 5.74) is 1.59. The monoisotopic (exact) mass is 164 g/mol. The Hall–Kier alpha value is -1.35. The number of likely N-dealkylation sites (N-methyl/N-ethyl adjacent to an activating group) is 1. The highest BCUT2D eigenvalue weighted by Gasteiger charge is 2.00. The lowest BCUT2D eigenvalue weighted by atomic mass is 10.1. The number of benzene rings is 1. The smallest absolute Gasteiger partial charge is 0.100 e. The molecule has 0 unspecified atom stereocenters. The summed E-state index contributed by atoms with van der Waals surface area (Å²) in [6.45, 7) is 0.570. The van der Waals surface area contributed by atoms with Crippen LogP contribution in [0.5, 0.6) is 0 Å². The molecule has 0 aliphatic carbocycles. The Labute approximate surface area is 71.7 Å². The normalized spacial score (nSPS) is 11.6. The lowest BCUT2D eigenvalue weighted by Crippen LogP contribution is -2.19. The molecule has 0 radical (unpaired) electrons. The fourth-order valence-electron chi connectivity index (χ4n) is 0.993. The van der Waals surface area contributed by atoms with Crippen molar-refractivity contribution in [2.45, 2.75) is 0 Å². The predicted molar refractivity (Wildman–Crippen MR) is 48.7 cm³/mol. The van der Waals surface area contributed by atoms with Gasteiger partial charge in [-0.25, -0.2) is 0 Å². The Balaban J connectivity index is 2.82. The van der Waals surface area contributed by atoms with Crippen molar-refractivity contribution in [1.82, 2.24) is 5.32 Å². The average Bonchev–Trinajstić information content (AvgIpc) is 2.15. The van der Waals surface area contributed by atoms with E-state index in [1.807, 2.05) is 37.4 Å². The summed E-state index contributed by atoms with van der Waals surface area (Å²) in [6.07, 6.45) is 0. The predicted octanol–water partition coefficient (Wildman–Crippen LogP) is 1.08. The number of rotatable bonds is 3. The molecule has 0 aliphatic heterocycles. The van der Waals surface area contributed by atoms with E-state index in [4.69, 9.17) is 5.21 Å². The van der Waals surface area contributed by atoms with Crippen molar-refractivity contribution in [2.24, 2.45) is 5.16 Å². The topological polar surface area (TPSA) is 44.6 Å². The second-order valence-electron chi connectivity index (χ2n) is 2.44. The van der Waals surface area contributed by atoms with Crippen molar-refractivity contribution in [3.05, 3.63) is 35.9 Å². The van der Waals surface area contributed by atoms with E-state index in [0.717, 1.165) is 5.56 Å². The van der Waals surface area contributed by atoms with Crippen molar-refractivity contribution in [2.75, 3.05) is 13.6 Å². The van der Waals surface area contributed by atoms with Crippen LogP contribution < -0.4 is 5.32 Å². The highest BCUT2D eigenvalue weighted by Crippen LogP contribution is 1.99. The standard InChI is InChI=1S/C9H12N2O/c1-10-7-9(11-12)8-5-3-2-4-6-8/h2-6,10,12H,7H2,1H3. The number of nitrogens with one attached hydrogen (secondary N) is 1. The fraction of sp³-hybridized carbons (Fsp3) is 0.222. The molecule has 0 atom stereocenters. The van der Waals surface area contributed by atoms with Crippen LogP contribution >= 0.6 is 0 Å². The molecule has 0 saturated heterocycles. The first-order chi connectivity index (χ1) is 5.88. The Bertz CT molecular complexity index is 256. The molecule has 0 amide bonds. The van der Waals surface area contributed by atoms with Gasteiger partial charge in [-0.3, -0.25) is 0 Å². The molecule has 0 aliphatic rings. The second kappa shape index (κ2) is 4.51. The molecule has 3 heteroatoms. The van der Waals surface area contributed by atoms with Crippen molar-refractivity contribution in [3.63, 3.8) is 0 Å². The van der Waals surface area contributed by atoms with Gasteiger partial charge >= 0.3 is 0 Å². The maximum atomic E-state index is 8.66. The molecule has 12 heavy (non-hydrogen) atoms. The maximum absolute atomic E-state index is 8.66. The molecular formula is C9H12N2O. The molecular weight excluding hydrogens is 152 g/mol. The molecule has 2 N–H and O–H groups in total. The summed E-state index contributed by atoms with van der Waals surface area (Å²) in [5.74, 6) is 0. The van der Waals surface area contributed by atoms with Gasteiger partial charge in [-0.1, -0.05) is 35.5 Å². The average molecular weight is 164 g/mol. The zero-order valence-electron chi connectivity index (χ0n) is 6.99. The van der Waals surface area contributed by atoms with Gasteiger partial charge in [0.2, 0.25) is 0 Å². The van der Waals surface area contributed by atoms with Crippen molar-refractivity contribution >= 4 is 5.71 Å². The van der Waals surface area contributed by atoms with Crippen LogP contribution in [0.1, 0.15) is 5.56 Å².